The molecule has 3 N–H and O–H groups in total. The highest BCUT2D eigenvalue weighted by atomic mass is 16.5. The number of anilines is 1. The van der Waals surface area contributed by atoms with Crippen LogP contribution in [0.25, 0.3) is 22.6 Å². The van der Waals surface area contributed by atoms with Crippen molar-refractivity contribution < 1.29 is 9.53 Å². The monoisotopic (exact) mass is 366 g/mol. The first-order valence-corrected chi connectivity index (χ1v) is 9.13. The Morgan fingerprint density at radius 3 is 2.85 bits per heavy atom. The van der Waals surface area contributed by atoms with Crippen molar-refractivity contribution in [1.29, 1.82) is 0 Å². The lowest BCUT2D eigenvalue weighted by molar-refractivity contribution is -0.119. The molecule has 0 aliphatic carbocycles. The van der Waals surface area contributed by atoms with Crippen molar-refractivity contribution in [3.63, 3.8) is 0 Å². The van der Waals surface area contributed by atoms with Crippen LogP contribution in [0.5, 0.6) is 0 Å². The number of fused-ring (bicyclic) bond motifs is 1. The summed E-state index contributed by atoms with van der Waals surface area (Å²) in [6, 6.07) is 9.36. The molecule has 2 aromatic heterocycles. The molecule has 0 spiro atoms. The molecule has 4 rings (SSSR count). The molecule has 0 unspecified atom stereocenters. The van der Waals surface area contributed by atoms with Crippen molar-refractivity contribution in [2.75, 3.05) is 18.1 Å². The molecule has 140 valence electrons. The topological polar surface area (TPSA) is 110 Å². The van der Waals surface area contributed by atoms with Gasteiger partial charge in [-0.3, -0.25) is 4.79 Å². The van der Waals surface area contributed by atoms with E-state index >= 15 is 0 Å². The van der Waals surface area contributed by atoms with E-state index in [9.17, 15) is 4.79 Å². The van der Waals surface area contributed by atoms with Gasteiger partial charge in [-0.15, -0.1) is 0 Å². The van der Waals surface area contributed by atoms with E-state index in [-0.39, 0.29) is 11.9 Å². The summed E-state index contributed by atoms with van der Waals surface area (Å²) in [6.07, 6.45) is 1.61. The number of H-pyrrole nitrogens is 1. The van der Waals surface area contributed by atoms with E-state index in [0.717, 1.165) is 18.4 Å². The first kappa shape index (κ1) is 17.4. The highest BCUT2D eigenvalue weighted by molar-refractivity contribution is 5.90. The van der Waals surface area contributed by atoms with E-state index in [1.165, 1.54) is 0 Å². The molecule has 0 bridgehead atoms. The third kappa shape index (κ3) is 3.35. The number of nitrogens with two attached hydrogens (primary N) is 1. The van der Waals surface area contributed by atoms with Gasteiger partial charge in [-0.05, 0) is 19.8 Å². The Morgan fingerprint density at radius 1 is 1.30 bits per heavy atom. The molecule has 1 aromatic carbocycles. The van der Waals surface area contributed by atoms with E-state index in [0.29, 0.717) is 48.4 Å². The molecule has 8 heteroatoms. The smallest absolute Gasteiger partial charge is 0.240 e. The number of hydrogen-bond donors (Lipinski definition) is 2. The van der Waals surface area contributed by atoms with Gasteiger partial charge in [-0.2, -0.15) is 0 Å². The van der Waals surface area contributed by atoms with Crippen LogP contribution in [0.1, 0.15) is 25.6 Å². The van der Waals surface area contributed by atoms with E-state index in [1.54, 1.807) is 0 Å². The molecule has 3 heterocycles. The van der Waals surface area contributed by atoms with E-state index < -0.39 is 0 Å². The minimum Gasteiger partial charge on any atom is -0.374 e. The number of nitrogens with one attached hydrogen (secondary N) is 1. The fourth-order valence-corrected chi connectivity index (χ4v) is 3.44. The quantitative estimate of drug-likeness (QED) is 0.690. The summed E-state index contributed by atoms with van der Waals surface area (Å²) in [5.41, 5.74) is 7.78. The number of aromatic nitrogens is 4. The SMILES string of the molecule is CCOCc1nc2nc(-c3ccccc3)nc(N3CCC[C@H]3C(N)=O)c2[nH]1. The molecule has 1 saturated heterocycles. The van der Waals surface area contributed by atoms with Crippen LogP contribution >= 0.6 is 0 Å². The Morgan fingerprint density at radius 2 is 2.11 bits per heavy atom. The van der Waals surface area contributed by atoms with Crippen LogP contribution in [0.2, 0.25) is 0 Å². The normalized spacial score (nSPS) is 16.9. The number of imidazole rings is 1. The van der Waals surface area contributed by atoms with Gasteiger partial charge in [0.1, 0.15) is 24.0 Å². The number of carbonyl (C=O) groups is 1. The number of amides is 1. The summed E-state index contributed by atoms with van der Waals surface area (Å²) < 4.78 is 5.46. The van der Waals surface area contributed by atoms with E-state index in [2.05, 4.69) is 15.0 Å². The third-order valence-electron chi connectivity index (χ3n) is 4.71. The zero-order valence-electron chi connectivity index (χ0n) is 15.2. The number of ether oxygens (including phenoxy) is 1. The lowest BCUT2D eigenvalue weighted by atomic mass is 10.2. The number of benzene rings is 1. The van der Waals surface area contributed by atoms with Gasteiger partial charge in [-0.25, -0.2) is 15.0 Å². The molecule has 8 nitrogen and oxygen atoms in total. The summed E-state index contributed by atoms with van der Waals surface area (Å²) in [5, 5.41) is 0. The van der Waals surface area contributed by atoms with Crippen LogP contribution in [-0.2, 0) is 16.1 Å². The third-order valence-corrected chi connectivity index (χ3v) is 4.71. The second-order valence-corrected chi connectivity index (χ2v) is 6.51. The lowest BCUT2D eigenvalue weighted by Crippen LogP contribution is -2.41. The summed E-state index contributed by atoms with van der Waals surface area (Å²) in [6.45, 7) is 3.61. The van der Waals surface area contributed by atoms with Gasteiger partial charge in [0.2, 0.25) is 5.91 Å². The second-order valence-electron chi connectivity index (χ2n) is 6.51. The fourth-order valence-electron chi connectivity index (χ4n) is 3.44. The molecule has 1 aliphatic rings. The molecule has 0 radical (unpaired) electrons. The minimum atomic E-state index is -0.370. The van der Waals surface area contributed by atoms with Crippen molar-refractivity contribution in [3.8, 4) is 11.4 Å². The zero-order chi connectivity index (χ0) is 18.8. The number of nitrogens with zero attached hydrogens (tertiary/aromatic N) is 4. The number of carbonyl (C=O) groups excluding carboxylic acids is 1. The fraction of sp³-hybridized carbons (Fsp3) is 0.368. The predicted octanol–water partition coefficient (Wildman–Crippen LogP) is 2.01. The first-order valence-electron chi connectivity index (χ1n) is 9.13. The van der Waals surface area contributed by atoms with Gasteiger partial charge in [0.25, 0.3) is 0 Å². The zero-order valence-corrected chi connectivity index (χ0v) is 15.2. The molecule has 1 aliphatic heterocycles. The standard InChI is InChI=1S/C19H22N6O2/c1-2-27-11-14-21-15-18(22-14)23-17(12-7-4-3-5-8-12)24-19(15)25-10-6-9-13(25)16(20)26/h3-5,7-8,13H,2,6,9-11H2,1H3,(H2,20,26)(H,21,22,23,24)/t13-/m0/s1. The predicted molar refractivity (Wildman–Crippen MR) is 102 cm³/mol. The highest BCUT2D eigenvalue weighted by Crippen LogP contribution is 2.31. The average Bonchev–Trinajstić information content (AvgIpc) is 3.33. The summed E-state index contributed by atoms with van der Waals surface area (Å²) in [4.78, 5) is 31.1. The maximum atomic E-state index is 11.9. The maximum absolute atomic E-state index is 11.9. The van der Waals surface area contributed by atoms with Crippen LogP contribution in [0.15, 0.2) is 30.3 Å². The Kier molecular flexibility index (Phi) is 4.72. The van der Waals surface area contributed by atoms with Crippen LogP contribution in [-0.4, -0.2) is 45.0 Å². The Bertz CT molecular complexity index is 955. The lowest BCUT2D eigenvalue weighted by Gasteiger charge is -2.23. The summed E-state index contributed by atoms with van der Waals surface area (Å²) in [7, 11) is 0. The molecule has 27 heavy (non-hydrogen) atoms. The van der Waals surface area contributed by atoms with E-state index in [4.69, 9.17) is 15.5 Å². The number of hydrogen-bond acceptors (Lipinski definition) is 6. The van der Waals surface area contributed by atoms with Gasteiger partial charge >= 0.3 is 0 Å². The Balaban J connectivity index is 1.86. The molecule has 0 saturated carbocycles. The summed E-state index contributed by atoms with van der Waals surface area (Å²) in [5.74, 6) is 1.58. The molecular formula is C19H22N6O2. The van der Waals surface area contributed by atoms with Gasteiger partial charge in [0, 0.05) is 18.7 Å². The van der Waals surface area contributed by atoms with Crippen LogP contribution < -0.4 is 10.6 Å². The number of primary amides is 1. The van der Waals surface area contributed by atoms with Crippen LogP contribution in [0.4, 0.5) is 5.82 Å². The number of aromatic amines is 1. The molecule has 1 amide bonds. The van der Waals surface area contributed by atoms with Crippen molar-refractivity contribution in [2.45, 2.75) is 32.4 Å². The van der Waals surface area contributed by atoms with Crippen molar-refractivity contribution >= 4 is 22.9 Å². The summed E-state index contributed by atoms with van der Waals surface area (Å²) >= 11 is 0. The van der Waals surface area contributed by atoms with E-state index in [1.807, 2.05) is 42.2 Å². The average molecular weight is 366 g/mol. The Hall–Kier alpha value is -3.00. The molecule has 1 fully saturated rings. The molecule has 3 aromatic rings. The Labute approximate surface area is 156 Å². The number of rotatable bonds is 6. The minimum absolute atomic E-state index is 0.338. The van der Waals surface area contributed by atoms with Crippen LogP contribution in [0, 0.1) is 0 Å². The highest BCUT2D eigenvalue weighted by Gasteiger charge is 2.32. The van der Waals surface area contributed by atoms with Crippen molar-refractivity contribution in [3.05, 3.63) is 36.2 Å². The van der Waals surface area contributed by atoms with Crippen molar-refractivity contribution in [2.24, 2.45) is 5.73 Å². The van der Waals surface area contributed by atoms with Crippen molar-refractivity contribution in [1.82, 2.24) is 19.9 Å². The van der Waals surface area contributed by atoms with Gasteiger partial charge < -0.3 is 20.4 Å². The molecular weight excluding hydrogens is 344 g/mol. The largest absolute Gasteiger partial charge is 0.374 e. The van der Waals surface area contributed by atoms with Gasteiger partial charge in [0.15, 0.2) is 17.3 Å². The first-order chi connectivity index (χ1) is 13.2. The van der Waals surface area contributed by atoms with Crippen LogP contribution in [0.3, 0.4) is 0 Å². The van der Waals surface area contributed by atoms with Gasteiger partial charge in [-0.1, -0.05) is 30.3 Å². The molecule has 1 atom stereocenters. The van der Waals surface area contributed by atoms with Gasteiger partial charge in [0.05, 0.1) is 0 Å². The second kappa shape index (κ2) is 7.32. The maximum Gasteiger partial charge on any atom is 0.240 e.